The third-order valence-electron chi connectivity index (χ3n) is 4.58. The zero-order valence-electron chi connectivity index (χ0n) is 15.5. The number of carbonyl (C=O) groups excluding carboxylic acids is 1. The molecule has 4 heteroatoms. The van der Waals surface area contributed by atoms with Crippen LogP contribution in [0.2, 0.25) is 0 Å². The Morgan fingerprint density at radius 2 is 1.15 bits per heavy atom. The molecule has 0 heterocycles. The van der Waals surface area contributed by atoms with Gasteiger partial charge in [-0.1, -0.05) is 91.0 Å². The first-order valence-electron chi connectivity index (χ1n) is 8.79. The number of amides is 1. The Balaban J connectivity index is 2.15. The van der Waals surface area contributed by atoms with E-state index >= 15 is 0 Å². The fraction of sp³-hybridized carbons (Fsp3) is 0.174. The van der Waals surface area contributed by atoms with E-state index in [-0.39, 0.29) is 12.5 Å². The Hall–Kier alpha value is -2.95. The molecule has 0 aliphatic carbocycles. The highest BCUT2D eigenvalue weighted by Crippen LogP contribution is 2.40. The van der Waals surface area contributed by atoms with E-state index in [1.807, 2.05) is 91.0 Å². The summed E-state index contributed by atoms with van der Waals surface area (Å²) in [4.78, 5) is 17.4. The van der Waals surface area contributed by atoms with Crippen LogP contribution >= 0.6 is 0 Å². The monoisotopic (exact) mass is 361 g/mol. The fourth-order valence-corrected chi connectivity index (χ4v) is 3.13. The van der Waals surface area contributed by atoms with E-state index in [0.717, 1.165) is 16.7 Å². The van der Waals surface area contributed by atoms with Crippen molar-refractivity contribution in [1.29, 1.82) is 0 Å². The van der Waals surface area contributed by atoms with Gasteiger partial charge in [-0.25, -0.2) is 5.06 Å². The maximum Gasteiger partial charge on any atom is 0.271 e. The summed E-state index contributed by atoms with van der Waals surface area (Å²) in [5.41, 5.74) is 1.95. The van der Waals surface area contributed by atoms with Crippen LogP contribution in [-0.2, 0) is 20.0 Å². The van der Waals surface area contributed by atoms with E-state index in [4.69, 9.17) is 9.57 Å². The number of hydroxylamine groups is 2. The van der Waals surface area contributed by atoms with Crippen molar-refractivity contribution in [2.75, 3.05) is 20.8 Å². The molecule has 27 heavy (non-hydrogen) atoms. The lowest BCUT2D eigenvalue weighted by Crippen LogP contribution is -2.38. The third-order valence-corrected chi connectivity index (χ3v) is 4.58. The summed E-state index contributed by atoms with van der Waals surface area (Å²) in [5, 5.41) is 1.17. The second-order valence-electron chi connectivity index (χ2n) is 6.14. The molecule has 138 valence electrons. The van der Waals surface area contributed by atoms with Gasteiger partial charge in [0.1, 0.15) is 12.2 Å². The number of carbonyl (C=O) groups is 1. The summed E-state index contributed by atoms with van der Waals surface area (Å²) in [5.74, 6) is -0.260. The smallest absolute Gasteiger partial charge is 0.271 e. The first-order valence-corrected chi connectivity index (χ1v) is 8.79. The van der Waals surface area contributed by atoms with Crippen LogP contribution in [0, 0.1) is 0 Å². The molecule has 3 aromatic rings. The molecule has 0 unspecified atom stereocenters. The molecule has 3 aromatic carbocycles. The van der Waals surface area contributed by atoms with Crippen molar-refractivity contribution in [2.24, 2.45) is 0 Å². The molecular formula is C23H23NO3. The van der Waals surface area contributed by atoms with Gasteiger partial charge >= 0.3 is 0 Å². The second-order valence-corrected chi connectivity index (χ2v) is 6.14. The van der Waals surface area contributed by atoms with Crippen LogP contribution < -0.4 is 0 Å². The van der Waals surface area contributed by atoms with Crippen LogP contribution in [0.25, 0.3) is 0 Å². The highest BCUT2D eigenvalue weighted by molar-refractivity contribution is 5.76. The van der Waals surface area contributed by atoms with Crippen LogP contribution in [-0.4, -0.2) is 31.7 Å². The Morgan fingerprint density at radius 1 is 0.778 bits per heavy atom. The number of likely N-dealkylation sites (N-methyl/N-ethyl adjacent to an activating group) is 1. The van der Waals surface area contributed by atoms with E-state index in [1.165, 1.54) is 12.2 Å². The van der Waals surface area contributed by atoms with E-state index in [9.17, 15) is 4.79 Å². The van der Waals surface area contributed by atoms with Gasteiger partial charge in [0.25, 0.3) is 5.91 Å². The van der Waals surface area contributed by atoms with Gasteiger partial charge in [-0.05, 0) is 16.7 Å². The molecule has 0 saturated heterocycles. The second kappa shape index (κ2) is 8.62. The molecule has 0 radical (unpaired) electrons. The summed E-state index contributed by atoms with van der Waals surface area (Å²) in [6.07, 6.45) is 0. The maximum absolute atomic E-state index is 12.4. The predicted octanol–water partition coefficient (Wildman–Crippen LogP) is 4.01. The molecule has 0 aliphatic rings. The minimum absolute atomic E-state index is 0.122. The van der Waals surface area contributed by atoms with Crippen LogP contribution in [0.15, 0.2) is 91.0 Å². The molecule has 3 rings (SSSR count). The molecule has 0 spiro atoms. The van der Waals surface area contributed by atoms with E-state index in [0.29, 0.717) is 0 Å². The van der Waals surface area contributed by atoms with Crippen molar-refractivity contribution in [3.05, 3.63) is 108 Å². The lowest BCUT2D eigenvalue weighted by molar-refractivity contribution is -0.176. The van der Waals surface area contributed by atoms with E-state index in [1.54, 1.807) is 7.05 Å². The average molecular weight is 361 g/mol. The Morgan fingerprint density at radius 3 is 1.48 bits per heavy atom. The molecule has 0 aromatic heterocycles. The molecule has 0 aliphatic heterocycles. The number of rotatable bonds is 7. The van der Waals surface area contributed by atoms with Gasteiger partial charge in [-0.3, -0.25) is 9.63 Å². The van der Waals surface area contributed by atoms with E-state index < -0.39 is 5.60 Å². The number of ether oxygens (including phenoxy) is 1. The molecule has 0 N–H and O–H groups in total. The Bertz CT molecular complexity index is 754. The molecule has 4 nitrogen and oxygen atoms in total. The Labute approximate surface area is 159 Å². The molecule has 0 saturated carbocycles. The van der Waals surface area contributed by atoms with Gasteiger partial charge < -0.3 is 4.74 Å². The highest BCUT2D eigenvalue weighted by Gasteiger charge is 2.38. The largest absolute Gasteiger partial charge is 0.351 e. The summed E-state index contributed by atoms with van der Waals surface area (Å²) < 4.78 is 6.40. The van der Waals surface area contributed by atoms with Gasteiger partial charge in [0.15, 0.2) is 0 Å². The Kier molecular flexibility index (Phi) is 6.01. The summed E-state index contributed by atoms with van der Waals surface area (Å²) in [6, 6.07) is 29.9. The fourth-order valence-electron chi connectivity index (χ4n) is 3.13. The average Bonchev–Trinajstić information content (AvgIpc) is 2.75. The first kappa shape index (κ1) is 18.8. The summed E-state index contributed by atoms with van der Waals surface area (Å²) in [7, 11) is 3.03. The zero-order chi connectivity index (χ0) is 19.1. The summed E-state index contributed by atoms with van der Waals surface area (Å²) >= 11 is 0. The van der Waals surface area contributed by atoms with Crippen molar-refractivity contribution in [3.8, 4) is 0 Å². The molecule has 0 fully saturated rings. The lowest BCUT2D eigenvalue weighted by Gasteiger charge is -2.36. The van der Waals surface area contributed by atoms with Gasteiger partial charge in [-0.2, -0.15) is 0 Å². The molecule has 0 bridgehead atoms. The zero-order valence-corrected chi connectivity index (χ0v) is 15.5. The van der Waals surface area contributed by atoms with E-state index in [2.05, 4.69) is 0 Å². The van der Waals surface area contributed by atoms with Crippen molar-refractivity contribution in [3.63, 3.8) is 0 Å². The first-order chi connectivity index (χ1) is 13.2. The SMILES string of the molecule is CON(C)C(=O)COC(c1ccccc1)(c1ccccc1)c1ccccc1. The topological polar surface area (TPSA) is 38.8 Å². The standard InChI is InChI=1S/C23H23NO3/c1-24(26-2)22(25)18-27-23(19-12-6-3-7-13-19,20-14-8-4-9-15-20)21-16-10-5-11-17-21/h3-17H,18H2,1-2H3. The van der Waals surface area contributed by atoms with Gasteiger partial charge in [0.05, 0.1) is 7.11 Å². The number of benzene rings is 3. The van der Waals surface area contributed by atoms with Gasteiger partial charge in [-0.15, -0.1) is 0 Å². The van der Waals surface area contributed by atoms with Crippen molar-refractivity contribution in [1.82, 2.24) is 5.06 Å². The normalized spacial score (nSPS) is 11.2. The van der Waals surface area contributed by atoms with Crippen LogP contribution in [0.5, 0.6) is 0 Å². The highest BCUT2D eigenvalue weighted by atomic mass is 16.7. The van der Waals surface area contributed by atoms with Crippen molar-refractivity contribution in [2.45, 2.75) is 5.60 Å². The number of hydrogen-bond donors (Lipinski definition) is 0. The van der Waals surface area contributed by atoms with Gasteiger partial charge in [0, 0.05) is 7.05 Å². The third kappa shape index (κ3) is 3.92. The van der Waals surface area contributed by atoms with Crippen LogP contribution in [0.3, 0.4) is 0 Å². The minimum atomic E-state index is -0.909. The number of nitrogens with zero attached hydrogens (tertiary/aromatic N) is 1. The summed E-state index contributed by atoms with van der Waals surface area (Å²) in [6.45, 7) is -0.122. The van der Waals surface area contributed by atoms with Crippen molar-refractivity contribution >= 4 is 5.91 Å². The van der Waals surface area contributed by atoms with Crippen LogP contribution in [0.1, 0.15) is 16.7 Å². The molecule has 0 atom stereocenters. The quantitative estimate of drug-likeness (QED) is 0.471. The van der Waals surface area contributed by atoms with Gasteiger partial charge in [0.2, 0.25) is 0 Å². The predicted molar refractivity (Wildman–Crippen MR) is 105 cm³/mol. The van der Waals surface area contributed by atoms with Crippen molar-refractivity contribution < 1.29 is 14.4 Å². The molecular weight excluding hydrogens is 338 g/mol. The maximum atomic E-state index is 12.4. The minimum Gasteiger partial charge on any atom is -0.351 e. The number of hydrogen-bond acceptors (Lipinski definition) is 3. The lowest BCUT2D eigenvalue weighted by atomic mass is 9.80. The van der Waals surface area contributed by atoms with Crippen LogP contribution in [0.4, 0.5) is 0 Å². The molecule has 1 amide bonds.